The molecular weight excluding hydrogens is 361 g/mol. The number of alkyl halides is 3. The molecule has 142 valence electrons. The highest BCUT2D eigenvalue weighted by atomic mass is 19.4. The van der Waals surface area contributed by atoms with Gasteiger partial charge in [-0.15, -0.1) is 0 Å². The van der Waals surface area contributed by atoms with Gasteiger partial charge in [0.2, 0.25) is 0 Å². The molecule has 0 saturated carbocycles. The van der Waals surface area contributed by atoms with Crippen LogP contribution in [0.2, 0.25) is 0 Å². The molecule has 1 unspecified atom stereocenters. The lowest BCUT2D eigenvalue weighted by molar-refractivity contribution is -0.142. The van der Waals surface area contributed by atoms with Crippen molar-refractivity contribution in [1.82, 2.24) is 19.5 Å². The zero-order chi connectivity index (χ0) is 19.2. The summed E-state index contributed by atoms with van der Waals surface area (Å²) in [5.41, 5.74) is -1.07. The molecule has 4 rings (SSSR count). The summed E-state index contributed by atoms with van der Waals surface area (Å²) in [6.07, 6.45) is -0.529. The highest BCUT2D eigenvalue weighted by Crippen LogP contribution is 2.32. The van der Waals surface area contributed by atoms with E-state index in [0.717, 1.165) is 25.3 Å². The maximum atomic E-state index is 13.6. The summed E-state index contributed by atoms with van der Waals surface area (Å²) >= 11 is 0. The predicted octanol–water partition coefficient (Wildman–Crippen LogP) is 4.02. The van der Waals surface area contributed by atoms with Crippen LogP contribution in [0.4, 0.5) is 13.2 Å². The van der Waals surface area contributed by atoms with E-state index in [2.05, 4.69) is 10.1 Å². The van der Waals surface area contributed by atoms with Crippen molar-refractivity contribution in [3.63, 3.8) is 0 Å². The zero-order valence-corrected chi connectivity index (χ0v) is 14.5. The Hall–Kier alpha value is -2.84. The van der Waals surface area contributed by atoms with E-state index in [1.165, 1.54) is 18.4 Å². The number of aromatic nitrogens is 3. The number of piperidine rings is 1. The van der Waals surface area contributed by atoms with Crippen molar-refractivity contribution in [2.75, 3.05) is 6.54 Å². The lowest BCUT2D eigenvalue weighted by Crippen LogP contribution is -2.42. The first-order valence-corrected chi connectivity index (χ1v) is 8.67. The minimum Gasteiger partial charge on any atom is -0.463 e. The smallest absolute Gasteiger partial charge is 0.433 e. The van der Waals surface area contributed by atoms with Gasteiger partial charge in [0.25, 0.3) is 5.91 Å². The fraction of sp³-hybridized carbons (Fsp3) is 0.389. The van der Waals surface area contributed by atoms with Crippen LogP contribution in [0.3, 0.4) is 0 Å². The Morgan fingerprint density at radius 2 is 2.11 bits per heavy atom. The molecule has 3 aromatic heterocycles. The lowest BCUT2D eigenvalue weighted by atomic mass is 10.0. The van der Waals surface area contributed by atoms with Crippen molar-refractivity contribution in [3.05, 3.63) is 41.9 Å². The van der Waals surface area contributed by atoms with Crippen molar-refractivity contribution < 1.29 is 22.4 Å². The van der Waals surface area contributed by atoms with E-state index >= 15 is 0 Å². The Kier molecular flexibility index (Phi) is 4.16. The van der Waals surface area contributed by atoms with E-state index in [1.54, 1.807) is 11.0 Å². The largest absolute Gasteiger partial charge is 0.463 e. The van der Waals surface area contributed by atoms with Crippen molar-refractivity contribution in [1.29, 1.82) is 0 Å². The molecule has 1 fully saturated rings. The van der Waals surface area contributed by atoms with E-state index in [0.29, 0.717) is 11.1 Å². The van der Waals surface area contributed by atoms with Crippen LogP contribution >= 0.6 is 0 Å². The Morgan fingerprint density at radius 1 is 1.30 bits per heavy atom. The molecule has 6 nitrogen and oxygen atoms in total. The topological polar surface area (TPSA) is 63.6 Å². The average Bonchev–Trinajstić information content (AvgIpc) is 3.29. The molecule has 9 heteroatoms. The van der Waals surface area contributed by atoms with E-state index in [4.69, 9.17) is 4.42 Å². The highest BCUT2D eigenvalue weighted by molar-refractivity contribution is 5.93. The third-order valence-corrected chi connectivity index (χ3v) is 4.77. The number of rotatable bonds is 2. The van der Waals surface area contributed by atoms with Crippen LogP contribution in [0.25, 0.3) is 17.1 Å². The number of carbonyl (C=O) groups is 1. The summed E-state index contributed by atoms with van der Waals surface area (Å²) in [6.45, 7) is 2.51. The molecule has 1 aliphatic heterocycles. The van der Waals surface area contributed by atoms with Crippen LogP contribution in [0.1, 0.15) is 42.4 Å². The monoisotopic (exact) mass is 378 g/mol. The maximum absolute atomic E-state index is 13.6. The van der Waals surface area contributed by atoms with E-state index in [1.807, 2.05) is 6.92 Å². The van der Waals surface area contributed by atoms with Gasteiger partial charge < -0.3 is 9.32 Å². The number of halogens is 3. The number of likely N-dealkylation sites (tertiary alicyclic amines) is 1. The molecule has 1 amide bonds. The average molecular weight is 378 g/mol. The summed E-state index contributed by atoms with van der Waals surface area (Å²) < 4.78 is 46.5. The zero-order valence-electron chi connectivity index (χ0n) is 14.5. The first-order chi connectivity index (χ1) is 12.8. The molecule has 1 saturated heterocycles. The van der Waals surface area contributed by atoms with Crippen LogP contribution in [0.5, 0.6) is 0 Å². The second-order valence-electron chi connectivity index (χ2n) is 6.64. The normalized spacial score (nSPS) is 18.2. The fourth-order valence-corrected chi connectivity index (χ4v) is 3.38. The number of nitrogens with zero attached hydrogens (tertiary/aromatic N) is 4. The van der Waals surface area contributed by atoms with Gasteiger partial charge in [0.15, 0.2) is 22.8 Å². The first-order valence-electron chi connectivity index (χ1n) is 8.67. The van der Waals surface area contributed by atoms with Crippen LogP contribution in [0, 0.1) is 0 Å². The minimum absolute atomic E-state index is 0.0322. The number of hydrogen-bond donors (Lipinski definition) is 0. The standard InChI is InChI=1S/C18H17F3N4O2/c1-11-5-2-3-7-24(11)17(26)13-10-16-22-12(14-6-4-8-27-14)9-15(18(19,20)21)25(16)23-13/h4,6,8-11H,2-3,5,7H2,1H3. The summed E-state index contributed by atoms with van der Waals surface area (Å²) in [4.78, 5) is 18.6. The SMILES string of the molecule is CC1CCCCN1C(=O)c1cc2nc(-c3ccco3)cc(C(F)(F)F)n2n1. The molecule has 0 N–H and O–H groups in total. The minimum atomic E-state index is -4.66. The van der Waals surface area contributed by atoms with E-state index in [9.17, 15) is 18.0 Å². The van der Waals surface area contributed by atoms with Gasteiger partial charge in [0.1, 0.15) is 5.69 Å². The first kappa shape index (κ1) is 17.6. The van der Waals surface area contributed by atoms with Gasteiger partial charge in [0, 0.05) is 18.7 Å². The molecule has 27 heavy (non-hydrogen) atoms. The van der Waals surface area contributed by atoms with Gasteiger partial charge in [-0.1, -0.05) is 0 Å². The van der Waals surface area contributed by atoms with Crippen molar-refractivity contribution in [2.24, 2.45) is 0 Å². The molecule has 1 atom stereocenters. The van der Waals surface area contributed by atoms with Crippen molar-refractivity contribution >= 4 is 11.6 Å². The van der Waals surface area contributed by atoms with E-state index < -0.39 is 11.9 Å². The lowest BCUT2D eigenvalue weighted by Gasteiger charge is -2.32. The number of amides is 1. The summed E-state index contributed by atoms with van der Waals surface area (Å²) in [5, 5.41) is 3.92. The summed E-state index contributed by atoms with van der Waals surface area (Å²) in [6, 6.07) is 5.29. The van der Waals surface area contributed by atoms with Gasteiger partial charge >= 0.3 is 6.18 Å². The Balaban J connectivity index is 1.82. The number of carbonyl (C=O) groups excluding carboxylic acids is 1. The Bertz CT molecular complexity index is 979. The third kappa shape index (κ3) is 3.17. The van der Waals surface area contributed by atoms with E-state index in [-0.39, 0.29) is 34.7 Å². The van der Waals surface area contributed by atoms with Gasteiger partial charge in [0.05, 0.1) is 6.26 Å². The molecule has 0 bridgehead atoms. The molecule has 1 aliphatic rings. The predicted molar refractivity (Wildman–Crippen MR) is 90.0 cm³/mol. The summed E-state index contributed by atoms with van der Waals surface area (Å²) in [5.74, 6) is -0.165. The maximum Gasteiger partial charge on any atom is 0.433 e. The molecule has 3 aromatic rings. The van der Waals surface area contributed by atoms with Crippen molar-refractivity contribution in [3.8, 4) is 11.5 Å². The second-order valence-corrected chi connectivity index (χ2v) is 6.64. The quantitative estimate of drug-likeness (QED) is 0.676. The number of fused-ring (bicyclic) bond motifs is 1. The van der Waals surface area contributed by atoms with Crippen LogP contribution in [-0.4, -0.2) is 38.0 Å². The molecule has 0 aromatic carbocycles. The molecule has 0 spiro atoms. The summed E-state index contributed by atoms with van der Waals surface area (Å²) in [7, 11) is 0. The number of hydrogen-bond acceptors (Lipinski definition) is 4. The van der Waals surface area contributed by atoms with Crippen LogP contribution in [0.15, 0.2) is 34.9 Å². The number of furan rings is 1. The fourth-order valence-electron chi connectivity index (χ4n) is 3.38. The van der Waals surface area contributed by atoms with Crippen LogP contribution < -0.4 is 0 Å². The van der Waals surface area contributed by atoms with Gasteiger partial charge in [-0.2, -0.15) is 18.3 Å². The van der Waals surface area contributed by atoms with Crippen LogP contribution in [-0.2, 0) is 6.18 Å². The highest BCUT2D eigenvalue weighted by Gasteiger charge is 2.36. The molecule has 0 radical (unpaired) electrons. The van der Waals surface area contributed by atoms with Crippen molar-refractivity contribution in [2.45, 2.75) is 38.4 Å². The van der Waals surface area contributed by atoms with Gasteiger partial charge in [-0.25, -0.2) is 9.50 Å². The van der Waals surface area contributed by atoms with Gasteiger partial charge in [-0.05, 0) is 44.4 Å². The third-order valence-electron chi connectivity index (χ3n) is 4.77. The second kappa shape index (κ2) is 6.40. The molecule has 0 aliphatic carbocycles. The van der Waals surface area contributed by atoms with Gasteiger partial charge in [-0.3, -0.25) is 4.79 Å². The molecular formula is C18H17F3N4O2. The molecule has 4 heterocycles. The Labute approximate surface area is 152 Å². The Morgan fingerprint density at radius 3 is 2.78 bits per heavy atom.